The predicted molar refractivity (Wildman–Crippen MR) is 150 cm³/mol. The van der Waals surface area contributed by atoms with E-state index in [4.69, 9.17) is 13.0 Å². The summed E-state index contributed by atoms with van der Waals surface area (Å²) < 4.78 is 57.5. The first-order valence-electron chi connectivity index (χ1n) is 12.8. The van der Waals surface area contributed by atoms with Gasteiger partial charge in [-0.25, -0.2) is 0 Å². The third-order valence-electron chi connectivity index (χ3n) is 6.97. The SMILES string of the molecule is C1=CCCC=CCC1.CC1CCC(C)P1c1ccccc1P1C(C)CCC1C.O=S(=O)(O)C(F)(F)F.[Rh]. The summed E-state index contributed by atoms with van der Waals surface area (Å²) in [6.45, 7) is 10.0. The molecule has 10 heteroatoms. The van der Waals surface area contributed by atoms with Crippen molar-refractivity contribution < 1.29 is 45.6 Å². The summed E-state index contributed by atoms with van der Waals surface area (Å²) in [6, 6.07) is 9.55. The van der Waals surface area contributed by atoms with E-state index in [-0.39, 0.29) is 35.3 Å². The molecule has 0 spiro atoms. The summed E-state index contributed by atoms with van der Waals surface area (Å²) >= 11 is 0. The molecule has 1 radical (unpaired) electrons. The minimum absolute atomic E-state index is 0. The van der Waals surface area contributed by atoms with Crippen LogP contribution in [-0.4, -0.2) is 41.1 Å². The van der Waals surface area contributed by atoms with Crippen LogP contribution in [0.5, 0.6) is 0 Å². The van der Waals surface area contributed by atoms with E-state index < -0.39 is 15.6 Å². The average molecular weight is 668 g/mol. The van der Waals surface area contributed by atoms with Crippen LogP contribution in [0.25, 0.3) is 0 Å². The molecule has 0 amide bonds. The minimum Gasteiger partial charge on any atom is -0.279 e. The number of rotatable bonds is 2. The number of hydrogen-bond acceptors (Lipinski definition) is 2. The van der Waals surface area contributed by atoms with Crippen molar-refractivity contribution in [2.24, 2.45) is 0 Å². The molecule has 4 rings (SSSR count). The van der Waals surface area contributed by atoms with Crippen molar-refractivity contribution >= 4 is 36.6 Å². The Kier molecular flexibility index (Phi) is 15.3. The molecule has 0 saturated carbocycles. The molecule has 2 aliphatic heterocycles. The molecule has 2 heterocycles. The Bertz CT molecular complexity index is 896. The molecule has 1 aromatic rings. The second-order valence-corrected chi connectivity index (χ2v) is 17.4. The van der Waals surface area contributed by atoms with Gasteiger partial charge in [0.2, 0.25) is 0 Å². The molecule has 0 bridgehead atoms. The van der Waals surface area contributed by atoms with Crippen LogP contribution < -0.4 is 10.6 Å². The summed E-state index contributed by atoms with van der Waals surface area (Å²) in [5, 5.41) is 3.57. The van der Waals surface area contributed by atoms with Crippen molar-refractivity contribution in [1.82, 2.24) is 0 Å². The van der Waals surface area contributed by atoms with Crippen LogP contribution in [0.15, 0.2) is 48.6 Å². The van der Waals surface area contributed by atoms with Gasteiger partial charge in [-0.15, -0.1) is 0 Å². The van der Waals surface area contributed by atoms with Crippen LogP contribution in [0.3, 0.4) is 0 Å². The van der Waals surface area contributed by atoms with Crippen LogP contribution >= 0.6 is 15.8 Å². The van der Waals surface area contributed by atoms with Gasteiger partial charge in [-0.2, -0.15) is 21.6 Å². The molecule has 2 fully saturated rings. The second-order valence-electron chi connectivity index (χ2n) is 9.87. The first kappa shape index (κ1) is 34.9. The van der Waals surface area contributed by atoms with Gasteiger partial charge in [0.05, 0.1) is 0 Å². The van der Waals surface area contributed by atoms with Gasteiger partial charge in [-0.3, -0.25) is 4.55 Å². The van der Waals surface area contributed by atoms with Gasteiger partial charge in [0.15, 0.2) is 0 Å². The molecule has 2 saturated heterocycles. The van der Waals surface area contributed by atoms with Gasteiger partial charge in [-0.05, 0) is 84.6 Å². The summed E-state index contributed by atoms with van der Waals surface area (Å²) in [7, 11) is -5.68. The molecule has 4 atom stereocenters. The average Bonchev–Trinajstić information content (AvgIpc) is 3.27. The molecule has 0 aromatic heterocycles. The summed E-state index contributed by atoms with van der Waals surface area (Å²) in [4.78, 5) is 0. The molecular weight excluding hydrogens is 626 g/mol. The van der Waals surface area contributed by atoms with E-state index in [2.05, 4.69) is 76.3 Å². The Balaban J connectivity index is 0.000000335. The fourth-order valence-electron chi connectivity index (χ4n) is 5.10. The van der Waals surface area contributed by atoms with Gasteiger partial charge in [-0.1, -0.05) is 92.1 Å². The van der Waals surface area contributed by atoms with Crippen molar-refractivity contribution in [3.8, 4) is 0 Å². The molecular formula is C27H41F3O3P2RhS. The first-order valence-corrected chi connectivity index (χ1v) is 17.2. The Morgan fingerprint density at radius 1 is 0.703 bits per heavy atom. The number of benzene rings is 1. The van der Waals surface area contributed by atoms with E-state index >= 15 is 0 Å². The molecule has 37 heavy (non-hydrogen) atoms. The third-order valence-corrected chi connectivity index (χ3v) is 14.5. The Hall–Kier alpha value is -0.117. The Labute approximate surface area is 237 Å². The largest absolute Gasteiger partial charge is 0.522 e. The van der Waals surface area contributed by atoms with Gasteiger partial charge in [0.25, 0.3) is 0 Å². The number of hydrogen-bond donors (Lipinski definition) is 1. The zero-order valence-electron chi connectivity index (χ0n) is 22.1. The van der Waals surface area contributed by atoms with Crippen molar-refractivity contribution in [2.45, 2.75) is 107 Å². The number of allylic oxidation sites excluding steroid dienone is 4. The summed E-state index contributed by atoms with van der Waals surface area (Å²) in [6.07, 6.45) is 19.8. The van der Waals surface area contributed by atoms with E-state index in [9.17, 15) is 13.2 Å². The number of halogens is 3. The third kappa shape index (κ3) is 10.8. The molecule has 3 aliphatic rings. The maximum atomic E-state index is 10.7. The maximum Gasteiger partial charge on any atom is 0.522 e. The summed E-state index contributed by atoms with van der Waals surface area (Å²) in [5.41, 5.74) is -1.80. The fourth-order valence-corrected chi connectivity index (χ4v) is 12.3. The first-order chi connectivity index (χ1) is 16.8. The van der Waals surface area contributed by atoms with Crippen molar-refractivity contribution in [1.29, 1.82) is 0 Å². The molecule has 1 aliphatic carbocycles. The van der Waals surface area contributed by atoms with Crippen LogP contribution in [-0.2, 0) is 29.6 Å². The maximum absolute atomic E-state index is 10.7. The molecule has 1 aromatic carbocycles. The van der Waals surface area contributed by atoms with E-state index in [1.165, 1.54) is 51.4 Å². The van der Waals surface area contributed by atoms with Crippen LogP contribution in [0.1, 0.15) is 79.1 Å². The van der Waals surface area contributed by atoms with Crippen molar-refractivity contribution in [3.63, 3.8) is 0 Å². The number of alkyl halides is 3. The minimum atomic E-state index is -5.84. The smallest absolute Gasteiger partial charge is 0.279 e. The van der Waals surface area contributed by atoms with Gasteiger partial charge in [0, 0.05) is 19.5 Å². The van der Waals surface area contributed by atoms with Crippen molar-refractivity contribution in [2.75, 3.05) is 0 Å². The predicted octanol–water partition coefficient (Wildman–Crippen LogP) is 8.11. The molecule has 4 unspecified atom stereocenters. The quantitative estimate of drug-likeness (QED) is 0.114. The molecule has 1 N–H and O–H groups in total. The van der Waals surface area contributed by atoms with Gasteiger partial charge in [0.1, 0.15) is 0 Å². The zero-order valence-corrected chi connectivity index (χ0v) is 26.4. The Morgan fingerprint density at radius 2 is 0.946 bits per heavy atom. The summed E-state index contributed by atoms with van der Waals surface area (Å²) in [5.74, 6) is 0. The topological polar surface area (TPSA) is 54.4 Å². The van der Waals surface area contributed by atoms with E-state index in [1.54, 1.807) is 10.6 Å². The fraction of sp³-hybridized carbons (Fsp3) is 0.630. The van der Waals surface area contributed by atoms with E-state index in [0.717, 1.165) is 22.6 Å². The molecule has 3 nitrogen and oxygen atoms in total. The second kappa shape index (κ2) is 16.2. The van der Waals surface area contributed by atoms with E-state index in [1.807, 2.05) is 0 Å². The Morgan fingerprint density at radius 3 is 1.16 bits per heavy atom. The van der Waals surface area contributed by atoms with Gasteiger partial charge >= 0.3 is 15.6 Å². The van der Waals surface area contributed by atoms with Gasteiger partial charge < -0.3 is 0 Å². The van der Waals surface area contributed by atoms with Crippen LogP contribution in [0.4, 0.5) is 13.2 Å². The van der Waals surface area contributed by atoms with E-state index in [0.29, 0.717) is 0 Å². The van der Waals surface area contributed by atoms with Crippen molar-refractivity contribution in [3.05, 3.63) is 48.6 Å². The monoisotopic (exact) mass is 667 g/mol. The zero-order chi connectivity index (χ0) is 26.9. The standard InChI is InChI=1S/C18H28P2.C8H12.CHF3O3S.Rh/c1-13-9-10-14(2)19(13)17-7-5-6-8-18(17)20-15(3)11-12-16(20)4;1-2-4-6-8-7-5-3-1;2-1(3,4)8(5,6)7;/h5-8,13-16H,9-12H2,1-4H3;1-2,7-8H,3-6H2;(H,5,6,7);. The van der Waals surface area contributed by atoms with Crippen LogP contribution in [0.2, 0.25) is 0 Å². The van der Waals surface area contributed by atoms with Crippen LogP contribution in [0, 0.1) is 0 Å². The normalized spacial score (nSPS) is 29.6. The molecule has 213 valence electrons.